The lowest BCUT2D eigenvalue weighted by molar-refractivity contribution is -0.0497. The van der Waals surface area contributed by atoms with Gasteiger partial charge in [-0.2, -0.15) is 0 Å². The molecule has 1 aliphatic heterocycles. The van der Waals surface area contributed by atoms with E-state index in [1.807, 2.05) is 0 Å². The number of piperidine rings is 1. The van der Waals surface area contributed by atoms with Gasteiger partial charge in [0.05, 0.1) is 5.75 Å². The summed E-state index contributed by atoms with van der Waals surface area (Å²) in [5, 5.41) is 0. The van der Waals surface area contributed by atoms with Crippen LogP contribution in [-0.2, 0) is 9.84 Å². The summed E-state index contributed by atoms with van der Waals surface area (Å²) >= 11 is 0. The first kappa shape index (κ1) is 16.5. The van der Waals surface area contributed by atoms with Crippen LogP contribution in [0.3, 0.4) is 0 Å². The summed E-state index contributed by atoms with van der Waals surface area (Å²) in [5.41, 5.74) is 0. The first-order valence-electron chi connectivity index (χ1n) is 7.22. The third kappa shape index (κ3) is 4.52. The zero-order valence-electron chi connectivity index (χ0n) is 12.4. The summed E-state index contributed by atoms with van der Waals surface area (Å²) in [6.07, 6.45) is 2.20. The molecule has 0 bridgehead atoms. The minimum absolute atomic E-state index is 0.0284. The summed E-state index contributed by atoms with van der Waals surface area (Å²) in [4.78, 5) is 15.5. The highest BCUT2D eigenvalue weighted by Crippen LogP contribution is 2.32. The molecule has 2 rings (SSSR count). The molecular formula is C13H22F2N2O3S. The first-order chi connectivity index (χ1) is 9.59. The van der Waals surface area contributed by atoms with E-state index in [2.05, 4.69) is 0 Å². The maximum Gasteiger partial charge on any atom is 0.320 e. The van der Waals surface area contributed by atoms with Gasteiger partial charge in [0.25, 0.3) is 5.92 Å². The van der Waals surface area contributed by atoms with Gasteiger partial charge in [-0.1, -0.05) is 0 Å². The van der Waals surface area contributed by atoms with Crippen molar-refractivity contribution >= 4 is 15.9 Å². The topological polar surface area (TPSA) is 57.7 Å². The van der Waals surface area contributed by atoms with E-state index in [4.69, 9.17) is 0 Å². The Morgan fingerprint density at radius 2 is 1.86 bits per heavy atom. The summed E-state index contributed by atoms with van der Waals surface area (Å²) in [6.45, 7) is 1.76. The molecule has 1 unspecified atom stereocenters. The number of hydrogen-bond donors (Lipinski definition) is 0. The summed E-state index contributed by atoms with van der Waals surface area (Å²) < 4.78 is 49.2. The maximum absolute atomic E-state index is 13.2. The molecule has 1 heterocycles. The Bertz CT molecular complexity index is 496. The molecule has 0 aromatic carbocycles. The van der Waals surface area contributed by atoms with Crippen molar-refractivity contribution in [3.63, 3.8) is 0 Å². The lowest BCUT2D eigenvalue weighted by Gasteiger charge is -2.38. The minimum Gasteiger partial charge on any atom is -0.324 e. The Labute approximate surface area is 124 Å². The number of carbonyl (C=O) groups is 1. The van der Waals surface area contributed by atoms with Gasteiger partial charge >= 0.3 is 6.03 Å². The molecule has 2 fully saturated rings. The van der Waals surface area contributed by atoms with Gasteiger partial charge in [0.1, 0.15) is 9.84 Å². The average Bonchev–Trinajstić information content (AvgIpc) is 3.10. The molecule has 1 aliphatic carbocycles. The van der Waals surface area contributed by atoms with Crippen LogP contribution in [-0.4, -0.2) is 67.4 Å². The van der Waals surface area contributed by atoms with Crippen LogP contribution in [0.2, 0.25) is 0 Å². The molecule has 0 N–H and O–H groups in total. The highest BCUT2D eigenvalue weighted by atomic mass is 32.2. The van der Waals surface area contributed by atoms with Gasteiger partial charge in [0.15, 0.2) is 0 Å². The SMILES string of the molecule is CC(CS(C)(=O)=O)N(C(=O)N1CCC(F)(F)CC1)C1CC1. The second-order valence-corrected chi connectivity index (χ2v) is 8.39. The molecule has 0 aromatic rings. The molecule has 1 saturated heterocycles. The van der Waals surface area contributed by atoms with Crippen LogP contribution in [0.15, 0.2) is 0 Å². The number of halogens is 2. The number of carbonyl (C=O) groups excluding carboxylic acids is 1. The minimum atomic E-state index is -3.19. The van der Waals surface area contributed by atoms with E-state index in [0.29, 0.717) is 0 Å². The molecule has 0 radical (unpaired) electrons. The number of urea groups is 1. The number of nitrogens with zero attached hydrogens (tertiary/aromatic N) is 2. The van der Waals surface area contributed by atoms with E-state index in [-0.39, 0.29) is 43.8 Å². The van der Waals surface area contributed by atoms with Crippen molar-refractivity contribution < 1.29 is 22.0 Å². The summed E-state index contributed by atoms with van der Waals surface area (Å²) in [7, 11) is -3.19. The molecule has 122 valence electrons. The van der Waals surface area contributed by atoms with E-state index in [1.165, 1.54) is 4.90 Å². The van der Waals surface area contributed by atoms with Gasteiger partial charge in [-0.3, -0.25) is 0 Å². The number of alkyl halides is 2. The molecule has 1 saturated carbocycles. The van der Waals surface area contributed by atoms with Crippen LogP contribution in [0.4, 0.5) is 13.6 Å². The fourth-order valence-corrected chi connectivity index (χ4v) is 3.80. The van der Waals surface area contributed by atoms with E-state index < -0.39 is 21.8 Å². The molecular weight excluding hydrogens is 302 g/mol. The third-order valence-corrected chi connectivity index (χ3v) is 5.03. The van der Waals surface area contributed by atoms with Crippen molar-refractivity contribution in [3.8, 4) is 0 Å². The van der Waals surface area contributed by atoms with Gasteiger partial charge in [-0.15, -0.1) is 0 Å². The molecule has 1 atom stereocenters. The van der Waals surface area contributed by atoms with Gasteiger partial charge < -0.3 is 9.80 Å². The maximum atomic E-state index is 13.2. The fraction of sp³-hybridized carbons (Fsp3) is 0.923. The Balaban J connectivity index is 2.03. The van der Waals surface area contributed by atoms with E-state index in [1.54, 1.807) is 11.8 Å². The van der Waals surface area contributed by atoms with Crippen LogP contribution in [0.25, 0.3) is 0 Å². The third-order valence-electron chi connectivity index (χ3n) is 3.95. The summed E-state index contributed by atoms with van der Waals surface area (Å²) in [6, 6.07) is -0.678. The Morgan fingerprint density at radius 3 is 2.29 bits per heavy atom. The predicted molar refractivity (Wildman–Crippen MR) is 75.2 cm³/mol. The fourth-order valence-electron chi connectivity index (χ4n) is 2.76. The van der Waals surface area contributed by atoms with Crippen molar-refractivity contribution in [3.05, 3.63) is 0 Å². The van der Waals surface area contributed by atoms with Crippen molar-refractivity contribution in [1.29, 1.82) is 0 Å². The van der Waals surface area contributed by atoms with Crippen molar-refractivity contribution in [2.75, 3.05) is 25.1 Å². The van der Waals surface area contributed by atoms with Crippen molar-refractivity contribution in [2.45, 2.75) is 50.6 Å². The van der Waals surface area contributed by atoms with Crippen LogP contribution in [0.5, 0.6) is 0 Å². The van der Waals surface area contributed by atoms with E-state index in [9.17, 15) is 22.0 Å². The Hall–Kier alpha value is -0.920. The van der Waals surface area contributed by atoms with Gasteiger partial charge in [0.2, 0.25) is 0 Å². The summed E-state index contributed by atoms with van der Waals surface area (Å²) in [5.74, 6) is -2.79. The van der Waals surface area contributed by atoms with Gasteiger partial charge in [-0.05, 0) is 19.8 Å². The van der Waals surface area contributed by atoms with Gasteiger partial charge in [-0.25, -0.2) is 22.0 Å². The van der Waals surface area contributed by atoms with Crippen molar-refractivity contribution in [2.24, 2.45) is 0 Å². The van der Waals surface area contributed by atoms with Crippen LogP contribution in [0, 0.1) is 0 Å². The zero-order valence-corrected chi connectivity index (χ0v) is 13.2. The number of hydrogen-bond acceptors (Lipinski definition) is 3. The lowest BCUT2D eigenvalue weighted by atomic mass is 10.1. The largest absolute Gasteiger partial charge is 0.324 e. The van der Waals surface area contributed by atoms with Crippen LogP contribution >= 0.6 is 0 Å². The highest BCUT2D eigenvalue weighted by Gasteiger charge is 2.42. The molecule has 8 heteroatoms. The van der Waals surface area contributed by atoms with Crippen LogP contribution < -0.4 is 0 Å². The highest BCUT2D eigenvalue weighted by molar-refractivity contribution is 7.90. The second kappa shape index (κ2) is 5.70. The predicted octanol–water partition coefficient (Wildman–Crippen LogP) is 1.74. The first-order valence-corrected chi connectivity index (χ1v) is 9.28. The van der Waals surface area contributed by atoms with E-state index >= 15 is 0 Å². The monoisotopic (exact) mass is 324 g/mol. The zero-order chi connectivity index (χ0) is 15.8. The van der Waals surface area contributed by atoms with Crippen molar-refractivity contribution in [1.82, 2.24) is 9.80 Å². The van der Waals surface area contributed by atoms with Gasteiger partial charge in [0, 0.05) is 44.3 Å². The lowest BCUT2D eigenvalue weighted by Crippen LogP contribution is -2.53. The number of likely N-dealkylation sites (tertiary alicyclic amines) is 1. The number of amides is 2. The Kier molecular flexibility index (Phi) is 4.46. The molecule has 2 amide bonds. The molecule has 0 aromatic heterocycles. The average molecular weight is 324 g/mol. The van der Waals surface area contributed by atoms with Crippen LogP contribution in [0.1, 0.15) is 32.6 Å². The van der Waals surface area contributed by atoms with E-state index in [0.717, 1.165) is 19.1 Å². The quantitative estimate of drug-likeness (QED) is 0.791. The number of rotatable bonds is 4. The molecule has 0 spiro atoms. The Morgan fingerprint density at radius 1 is 1.33 bits per heavy atom. The smallest absolute Gasteiger partial charge is 0.320 e. The molecule has 21 heavy (non-hydrogen) atoms. The second-order valence-electron chi connectivity index (χ2n) is 6.21. The molecule has 2 aliphatic rings. The number of sulfone groups is 1. The normalized spacial score (nSPS) is 23.7. The molecule has 5 nitrogen and oxygen atoms in total. The standard InChI is InChI=1S/C13H22F2N2O3S/c1-10(9-21(2,19)20)17(11-3-4-11)12(18)16-7-5-13(14,15)6-8-16/h10-11H,3-9H2,1-2H3.